The molecule has 7 nitrogen and oxygen atoms in total. The van der Waals surface area contributed by atoms with E-state index in [9.17, 15) is 9.59 Å². The van der Waals surface area contributed by atoms with Crippen LogP contribution in [0.1, 0.15) is 50.2 Å². The Morgan fingerprint density at radius 2 is 2.05 bits per heavy atom. The van der Waals surface area contributed by atoms with Crippen LogP contribution in [0, 0.1) is 12.8 Å². The van der Waals surface area contributed by atoms with Gasteiger partial charge in [-0.2, -0.15) is 4.98 Å². The molecule has 1 saturated carbocycles. The monoisotopic (exact) mass is 295 g/mol. The van der Waals surface area contributed by atoms with Gasteiger partial charge in [-0.3, -0.25) is 9.59 Å². The Balaban J connectivity index is 1.62. The normalized spacial score (nSPS) is 22.0. The highest BCUT2D eigenvalue weighted by Gasteiger charge is 2.26. The SMILES string of the molecule is Cc1noc(CCCC(=O)NC2CCC(C(=O)O)CC2)n1. The lowest BCUT2D eigenvalue weighted by molar-refractivity contribution is -0.142. The molecular formula is C14H21N3O4. The largest absolute Gasteiger partial charge is 0.481 e. The summed E-state index contributed by atoms with van der Waals surface area (Å²) < 4.78 is 4.98. The zero-order chi connectivity index (χ0) is 15.2. The van der Waals surface area contributed by atoms with Crippen molar-refractivity contribution in [2.45, 2.75) is 57.9 Å². The molecule has 1 aromatic rings. The number of carbonyl (C=O) groups excluding carboxylic acids is 1. The number of rotatable bonds is 6. The number of nitrogens with one attached hydrogen (secondary N) is 1. The number of hydrogen-bond donors (Lipinski definition) is 2. The molecule has 1 aliphatic rings. The van der Waals surface area contributed by atoms with Crippen LogP contribution in [0.15, 0.2) is 4.52 Å². The predicted octanol–water partition coefficient (Wildman–Crippen LogP) is 1.46. The minimum absolute atomic E-state index is 0.00464. The number of aryl methyl sites for hydroxylation is 2. The maximum absolute atomic E-state index is 11.8. The zero-order valence-corrected chi connectivity index (χ0v) is 12.2. The van der Waals surface area contributed by atoms with Crippen LogP contribution in [-0.2, 0) is 16.0 Å². The molecule has 116 valence electrons. The van der Waals surface area contributed by atoms with E-state index in [2.05, 4.69) is 15.5 Å². The second kappa shape index (κ2) is 7.19. The van der Waals surface area contributed by atoms with E-state index in [0.29, 0.717) is 43.8 Å². The van der Waals surface area contributed by atoms with Gasteiger partial charge in [0, 0.05) is 18.9 Å². The van der Waals surface area contributed by atoms with Crippen molar-refractivity contribution in [1.82, 2.24) is 15.5 Å². The highest BCUT2D eigenvalue weighted by molar-refractivity contribution is 5.76. The summed E-state index contributed by atoms with van der Waals surface area (Å²) in [7, 11) is 0. The molecule has 1 aliphatic carbocycles. The van der Waals surface area contributed by atoms with E-state index in [-0.39, 0.29) is 17.9 Å². The molecular weight excluding hydrogens is 274 g/mol. The number of hydrogen-bond acceptors (Lipinski definition) is 5. The van der Waals surface area contributed by atoms with Gasteiger partial charge in [-0.1, -0.05) is 5.16 Å². The van der Waals surface area contributed by atoms with E-state index >= 15 is 0 Å². The third-order valence-corrected chi connectivity index (χ3v) is 3.81. The fourth-order valence-electron chi connectivity index (χ4n) is 2.63. The Hall–Kier alpha value is -1.92. The van der Waals surface area contributed by atoms with Gasteiger partial charge in [0.2, 0.25) is 11.8 Å². The molecule has 1 amide bonds. The number of amides is 1. The second-order valence-electron chi connectivity index (χ2n) is 5.54. The van der Waals surface area contributed by atoms with Crippen molar-refractivity contribution in [3.8, 4) is 0 Å². The lowest BCUT2D eigenvalue weighted by atomic mass is 9.86. The molecule has 7 heteroatoms. The topological polar surface area (TPSA) is 105 Å². The van der Waals surface area contributed by atoms with Crippen molar-refractivity contribution in [2.24, 2.45) is 5.92 Å². The van der Waals surface area contributed by atoms with Crippen LogP contribution >= 0.6 is 0 Å². The van der Waals surface area contributed by atoms with Gasteiger partial charge >= 0.3 is 5.97 Å². The maximum atomic E-state index is 11.8. The van der Waals surface area contributed by atoms with E-state index in [0.717, 1.165) is 12.8 Å². The lowest BCUT2D eigenvalue weighted by Gasteiger charge is -2.26. The third-order valence-electron chi connectivity index (χ3n) is 3.81. The van der Waals surface area contributed by atoms with Crippen molar-refractivity contribution < 1.29 is 19.2 Å². The first-order valence-electron chi connectivity index (χ1n) is 7.36. The van der Waals surface area contributed by atoms with Crippen LogP contribution in [-0.4, -0.2) is 33.2 Å². The van der Waals surface area contributed by atoms with E-state index in [1.165, 1.54) is 0 Å². The van der Waals surface area contributed by atoms with E-state index < -0.39 is 5.97 Å². The Morgan fingerprint density at radius 3 is 2.62 bits per heavy atom. The molecule has 0 aromatic carbocycles. The van der Waals surface area contributed by atoms with E-state index in [1.54, 1.807) is 6.92 Å². The van der Waals surface area contributed by atoms with Gasteiger partial charge in [0.05, 0.1) is 5.92 Å². The summed E-state index contributed by atoms with van der Waals surface area (Å²) in [6, 6.07) is 0.110. The number of carboxylic acids is 1. The molecule has 21 heavy (non-hydrogen) atoms. The van der Waals surface area contributed by atoms with E-state index in [1.807, 2.05) is 0 Å². The smallest absolute Gasteiger partial charge is 0.306 e. The van der Waals surface area contributed by atoms with E-state index in [4.69, 9.17) is 9.63 Å². The summed E-state index contributed by atoms with van der Waals surface area (Å²) in [6.07, 6.45) is 4.44. The van der Waals surface area contributed by atoms with Crippen molar-refractivity contribution in [3.63, 3.8) is 0 Å². The standard InChI is InChI=1S/C14H21N3O4/c1-9-15-13(21-17-9)4-2-3-12(18)16-11-7-5-10(6-8-11)14(19)20/h10-11H,2-8H2,1H3,(H,16,18)(H,19,20). The minimum atomic E-state index is -0.727. The molecule has 0 aliphatic heterocycles. The molecule has 1 aromatic heterocycles. The Kier molecular flexibility index (Phi) is 5.30. The quantitative estimate of drug-likeness (QED) is 0.823. The van der Waals surface area contributed by atoms with Gasteiger partial charge < -0.3 is 14.9 Å². The molecule has 0 spiro atoms. The maximum Gasteiger partial charge on any atom is 0.306 e. The van der Waals surface area contributed by atoms with Crippen LogP contribution < -0.4 is 5.32 Å². The number of aromatic nitrogens is 2. The first-order chi connectivity index (χ1) is 10.0. The lowest BCUT2D eigenvalue weighted by Crippen LogP contribution is -2.38. The molecule has 1 heterocycles. The van der Waals surface area contributed by atoms with Gasteiger partial charge in [0.1, 0.15) is 0 Å². The zero-order valence-electron chi connectivity index (χ0n) is 12.2. The summed E-state index contributed by atoms with van der Waals surface area (Å²) in [6.45, 7) is 1.76. The molecule has 0 atom stereocenters. The Morgan fingerprint density at radius 1 is 1.33 bits per heavy atom. The molecule has 0 radical (unpaired) electrons. The van der Waals surface area contributed by atoms with Crippen LogP contribution in [0.3, 0.4) is 0 Å². The molecule has 1 fully saturated rings. The molecule has 2 N–H and O–H groups in total. The minimum Gasteiger partial charge on any atom is -0.481 e. The van der Waals surface area contributed by atoms with Crippen LogP contribution in [0.2, 0.25) is 0 Å². The second-order valence-corrected chi connectivity index (χ2v) is 5.54. The average Bonchev–Trinajstić information content (AvgIpc) is 2.85. The fraction of sp³-hybridized carbons (Fsp3) is 0.714. The molecule has 0 saturated heterocycles. The van der Waals surface area contributed by atoms with Crippen molar-refractivity contribution >= 4 is 11.9 Å². The first-order valence-corrected chi connectivity index (χ1v) is 7.36. The number of carboxylic acid groups (broad SMARTS) is 1. The number of aliphatic carboxylic acids is 1. The summed E-state index contributed by atoms with van der Waals surface area (Å²) in [5.74, 6) is 0.186. The van der Waals surface area contributed by atoms with Crippen LogP contribution in [0.4, 0.5) is 0 Å². The summed E-state index contributed by atoms with van der Waals surface area (Å²) in [4.78, 5) is 26.8. The highest BCUT2D eigenvalue weighted by Crippen LogP contribution is 2.24. The molecule has 2 rings (SSSR count). The molecule has 0 bridgehead atoms. The van der Waals surface area contributed by atoms with Gasteiger partial charge in [-0.25, -0.2) is 0 Å². The van der Waals surface area contributed by atoms with Gasteiger partial charge in [-0.05, 0) is 39.0 Å². The number of carbonyl (C=O) groups is 2. The average molecular weight is 295 g/mol. The van der Waals surface area contributed by atoms with Crippen molar-refractivity contribution in [2.75, 3.05) is 0 Å². The van der Waals surface area contributed by atoms with Crippen LogP contribution in [0.25, 0.3) is 0 Å². The fourth-order valence-corrected chi connectivity index (χ4v) is 2.63. The summed E-state index contributed by atoms with van der Waals surface area (Å²) >= 11 is 0. The Bertz CT molecular complexity index is 492. The number of nitrogens with zero attached hydrogens (tertiary/aromatic N) is 2. The highest BCUT2D eigenvalue weighted by atomic mass is 16.5. The summed E-state index contributed by atoms with van der Waals surface area (Å²) in [5.41, 5.74) is 0. The predicted molar refractivity (Wildman–Crippen MR) is 73.5 cm³/mol. The molecule has 0 unspecified atom stereocenters. The first kappa shape index (κ1) is 15.5. The van der Waals surface area contributed by atoms with Gasteiger partial charge in [0.15, 0.2) is 5.82 Å². The van der Waals surface area contributed by atoms with Crippen LogP contribution in [0.5, 0.6) is 0 Å². The third kappa shape index (κ3) is 4.84. The van der Waals surface area contributed by atoms with Crippen molar-refractivity contribution in [3.05, 3.63) is 11.7 Å². The summed E-state index contributed by atoms with van der Waals surface area (Å²) in [5, 5.41) is 15.6. The van der Waals surface area contributed by atoms with Gasteiger partial charge in [-0.15, -0.1) is 0 Å². The van der Waals surface area contributed by atoms with Gasteiger partial charge in [0.25, 0.3) is 0 Å². The Labute approximate surface area is 123 Å². The van der Waals surface area contributed by atoms with Crippen molar-refractivity contribution in [1.29, 1.82) is 0 Å².